The fraction of sp³-hybridized carbons (Fsp3) is 0.364. The van der Waals surface area contributed by atoms with Gasteiger partial charge in [-0.25, -0.2) is 28.2 Å². The molecule has 186 valence electrons. The molecule has 1 fully saturated rings. The van der Waals surface area contributed by atoms with E-state index in [1.54, 1.807) is 35.7 Å². The van der Waals surface area contributed by atoms with Gasteiger partial charge in [0, 0.05) is 30.3 Å². The summed E-state index contributed by atoms with van der Waals surface area (Å²) in [5.74, 6) is 0.806. The summed E-state index contributed by atoms with van der Waals surface area (Å²) in [6.45, 7) is 2.23. The highest BCUT2D eigenvalue weighted by atomic mass is 35.5. The van der Waals surface area contributed by atoms with Crippen LogP contribution in [0.25, 0.3) is 21.8 Å². The van der Waals surface area contributed by atoms with E-state index in [1.165, 1.54) is 7.11 Å². The number of benzene rings is 1. The van der Waals surface area contributed by atoms with Crippen molar-refractivity contribution in [2.24, 2.45) is 0 Å². The Bertz CT molecular complexity index is 1340. The van der Waals surface area contributed by atoms with Gasteiger partial charge >= 0.3 is 6.09 Å². The van der Waals surface area contributed by atoms with Crippen LogP contribution in [0, 0.1) is 0 Å². The van der Waals surface area contributed by atoms with E-state index >= 15 is 0 Å². The molecule has 1 atom stereocenters. The number of halogens is 1. The SMILES string of the molecule is COC(=O)N[C@@H](C)CNc1nccc(-c2sc(C3CC3)nc2-c2cccc(NS(C)(=O)=O)c2Cl)n1. The van der Waals surface area contributed by atoms with Gasteiger partial charge in [0.25, 0.3) is 0 Å². The number of carbonyl (C=O) groups is 1. The van der Waals surface area contributed by atoms with Gasteiger partial charge in [-0.1, -0.05) is 23.7 Å². The molecule has 2 aromatic heterocycles. The minimum Gasteiger partial charge on any atom is -0.453 e. The topological polar surface area (TPSA) is 135 Å². The van der Waals surface area contributed by atoms with Gasteiger partial charge in [0.2, 0.25) is 16.0 Å². The number of hydrogen-bond donors (Lipinski definition) is 3. The van der Waals surface area contributed by atoms with Gasteiger partial charge in [-0.05, 0) is 31.9 Å². The number of hydrogen-bond acceptors (Lipinski definition) is 9. The zero-order valence-electron chi connectivity index (χ0n) is 19.3. The van der Waals surface area contributed by atoms with E-state index in [4.69, 9.17) is 16.6 Å². The quantitative estimate of drug-likeness (QED) is 0.368. The number of amides is 1. The fourth-order valence-corrected chi connectivity index (χ4v) is 5.42. The molecule has 4 rings (SSSR count). The lowest BCUT2D eigenvalue weighted by molar-refractivity contribution is 0.168. The minimum absolute atomic E-state index is 0.209. The second kappa shape index (κ2) is 10.3. The number of anilines is 2. The van der Waals surface area contributed by atoms with Crippen molar-refractivity contribution in [2.75, 3.05) is 29.9 Å². The van der Waals surface area contributed by atoms with Crippen LogP contribution in [0.1, 0.15) is 30.7 Å². The highest BCUT2D eigenvalue weighted by Gasteiger charge is 2.30. The van der Waals surface area contributed by atoms with Crippen LogP contribution in [0.4, 0.5) is 16.4 Å². The molecule has 13 heteroatoms. The smallest absolute Gasteiger partial charge is 0.407 e. The van der Waals surface area contributed by atoms with E-state index in [1.807, 2.05) is 13.0 Å². The van der Waals surface area contributed by atoms with E-state index in [-0.39, 0.29) is 16.8 Å². The molecule has 2 heterocycles. The molecule has 3 N–H and O–H groups in total. The van der Waals surface area contributed by atoms with Crippen LogP contribution in [0.2, 0.25) is 5.02 Å². The van der Waals surface area contributed by atoms with Gasteiger partial charge in [-0.15, -0.1) is 11.3 Å². The van der Waals surface area contributed by atoms with E-state index in [2.05, 4.69) is 30.1 Å². The standard InChI is InChI=1S/C22H25ClN6O4S2/c1-12(26-22(30)33-2)11-25-21-24-10-9-16(27-21)19-18(28-20(34-19)13-7-8-13)14-5-4-6-15(17(14)23)29-35(3,31)32/h4-6,9-10,12-13,29H,7-8,11H2,1-3H3,(H,26,30)(H,24,25,27)/t12-/m0/s1. The molecule has 0 spiro atoms. The molecule has 0 saturated heterocycles. The number of methoxy groups -OCH3 is 1. The van der Waals surface area contributed by atoms with Crippen molar-refractivity contribution in [1.82, 2.24) is 20.3 Å². The predicted molar refractivity (Wildman–Crippen MR) is 138 cm³/mol. The van der Waals surface area contributed by atoms with Crippen molar-refractivity contribution in [3.05, 3.63) is 40.5 Å². The third-order valence-electron chi connectivity index (χ3n) is 5.12. The van der Waals surface area contributed by atoms with Crippen molar-refractivity contribution in [3.63, 3.8) is 0 Å². The first-order chi connectivity index (χ1) is 16.6. The van der Waals surface area contributed by atoms with Gasteiger partial charge in [0.15, 0.2) is 0 Å². The average Bonchev–Trinajstić information content (AvgIpc) is 3.57. The molecule has 35 heavy (non-hydrogen) atoms. The molecule has 3 aromatic rings. The zero-order valence-corrected chi connectivity index (χ0v) is 21.7. The zero-order chi connectivity index (χ0) is 25.2. The normalized spacial score (nSPS) is 14.3. The summed E-state index contributed by atoms with van der Waals surface area (Å²) in [7, 11) is -2.19. The van der Waals surface area contributed by atoms with Gasteiger partial charge in [0.1, 0.15) is 0 Å². The van der Waals surface area contributed by atoms with Gasteiger partial charge in [-0.2, -0.15) is 0 Å². The summed E-state index contributed by atoms with van der Waals surface area (Å²) < 4.78 is 30.6. The Morgan fingerprint density at radius 3 is 2.74 bits per heavy atom. The molecule has 1 aromatic carbocycles. The molecule has 1 aliphatic rings. The lowest BCUT2D eigenvalue weighted by atomic mass is 10.1. The first kappa shape index (κ1) is 25.1. The number of aromatic nitrogens is 3. The number of ether oxygens (including phenoxy) is 1. The maximum absolute atomic E-state index is 11.8. The second-order valence-electron chi connectivity index (χ2n) is 8.23. The monoisotopic (exact) mass is 536 g/mol. The Balaban J connectivity index is 1.66. The van der Waals surface area contributed by atoms with Crippen LogP contribution in [-0.4, -0.2) is 55.4 Å². The van der Waals surface area contributed by atoms with E-state index in [9.17, 15) is 13.2 Å². The molecule has 0 radical (unpaired) electrons. The maximum Gasteiger partial charge on any atom is 0.407 e. The maximum atomic E-state index is 11.8. The van der Waals surface area contributed by atoms with Crippen molar-refractivity contribution in [2.45, 2.75) is 31.7 Å². The Kier molecular flexibility index (Phi) is 7.43. The van der Waals surface area contributed by atoms with Crippen LogP contribution >= 0.6 is 22.9 Å². The van der Waals surface area contributed by atoms with Crippen molar-refractivity contribution >= 4 is 50.7 Å². The van der Waals surface area contributed by atoms with Gasteiger partial charge in [0.05, 0.1) is 45.3 Å². The first-order valence-electron chi connectivity index (χ1n) is 10.8. The summed E-state index contributed by atoms with van der Waals surface area (Å²) in [5, 5.41) is 7.06. The van der Waals surface area contributed by atoms with Gasteiger partial charge in [-0.3, -0.25) is 4.72 Å². The number of nitrogens with one attached hydrogen (secondary N) is 3. The number of thiazole rings is 1. The first-order valence-corrected chi connectivity index (χ1v) is 13.9. The van der Waals surface area contributed by atoms with Crippen LogP contribution in [0.5, 0.6) is 0 Å². The molecule has 10 nitrogen and oxygen atoms in total. The van der Waals surface area contributed by atoms with Crippen molar-refractivity contribution in [1.29, 1.82) is 0 Å². The summed E-state index contributed by atoms with van der Waals surface area (Å²) in [6, 6.07) is 6.74. The lowest BCUT2D eigenvalue weighted by Crippen LogP contribution is -2.37. The highest BCUT2D eigenvalue weighted by molar-refractivity contribution is 7.92. The number of sulfonamides is 1. The Morgan fingerprint density at radius 2 is 2.06 bits per heavy atom. The van der Waals surface area contributed by atoms with Crippen LogP contribution in [-0.2, 0) is 14.8 Å². The summed E-state index contributed by atoms with van der Waals surface area (Å²) >= 11 is 8.18. The van der Waals surface area contributed by atoms with Crippen molar-refractivity contribution < 1.29 is 17.9 Å². The molecule has 0 bridgehead atoms. The number of nitrogens with zero attached hydrogens (tertiary/aromatic N) is 3. The highest BCUT2D eigenvalue weighted by Crippen LogP contribution is 2.48. The summed E-state index contributed by atoms with van der Waals surface area (Å²) in [6.07, 6.45) is 4.37. The average molecular weight is 537 g/mol. The predicted octanol–water partition coefficient (Wildman–Crippen LogP) is 4.33. The molecule has 1 saturated carbocycles. The third-order valence-corrected chi connectivity index (χ3v) is 7.36. The van der Waals surface area contributed by atoms with Gasteiger partial charge < -0.3 is 15.4 Å². The summed E-state index contributed by atoms with van der Waals surface area (Å²) in [4.78, 5) is 26.0. The second-order valence-corrected chi connectivity index (χ2v) is 11.4. The molecular weight excluding hydrogens is 512 g/mol. The Labute approximate surface area is 212 Å². The lowest BCUT2D eigenvalue weighted by Gasteiger charge is -2.14. The van der Waals surface area contributed by atoms with E-state index in [0.29, 0.717) is 35.4 Å². The molecule has 1 aliphatic carbocycles. The Morgan fingerprint density at radius 1 is 1.29 bits per heavy atom. The molecule has 0 aliphatic heterocycles. The minimum atomic E-state index is -3.50. The third kappa shape index (κ3) is 6.38. The number of carbonyl (C=O) groups excluding carboxylic acids is 1. The molecule has 0 unspecified atom stereocenters. The van der Waals surface area contributed by atoms with Crippen LogP contribution < -0.4 is 15.4 Å². The van der Waals surface area contributed by atoms with E-state index < -0.39 is 16.1 Å². The van der Waals surface area contributed by atoms with Crippen LogP contribution in [0.15, 0.2) is 30.5 Å². The van der Waals surface area contributed by atoms with Crippen molar-refractivity contribution in [3.8, 4) is 21.8 Å². The summed E-state index contributed by atoms with van der Waals surface area (Å²) in [5.41, 5.74) is 2.20. The fourth-order valence-electron chi connectivity index (χ4n) is 3.32. The number of rotatable bonds is 9. The van der Waals surface area contributed by atoms with E-state index in [0.717, 1.165) is 29.0 Å². The Hall–Kier alpha value is -2.96. The molecular formula is C22H25ClN6O4S2. The van der Waals surface area contributed by atoms with Crippen LogP contribution in [0.3, 0.4) is 0 Å². The largest absolute Gasteiger partial charge is 0.453 e. The molecule has 1 amide bonds. The number of alkyl carbamates (subject to hydrolysis) is 1.